The molecule has 0 aliphatic heterocycles. The van der Waals surface area contributed by atoms with Crippen molar-refractivity contribution in [3.8, 4) is 5.75 Å². The van der Waals surface area contributed by atoms with Crippen molar-refractivity contribution in [2.24, 2.45) is 12.1 Å². The number of aromatic nitrogens is 2. The molecule has 0 radical (unpaired) electrons. The summed E-state index contributed by atoms with van der Waals surface area (Å²) >= 11 is 5.91. The molecule has 27 heavy (non-hydrogen) atoms. The Morgan fingerprint density at radius 2 is 1.96 bits per heavy atom. The first kappa shape index (κ1) is 18.6. The lowest BCUT2D eigenvalue weighted by Crippen LogP contribution is -2.21. The number of nitrogens with zero attached hydrogens (tertiary/aromatic N) is 3. The monoisotopic (exact) mass is 386 g/mol. The summed E-state index contributed by atoms with van der Waals surface area (Å²) < 4.78 is 19.9. The molecule has 0 aliphatic rings. The van der Waals surface area contributed by atoms with Gasteiger partial charge in [0, 0.05) is 7.05 Å². The van der Waals surface area contributed by atoms with Crippen LogP contribution in [0, 0.1) is 5.82 Å². The van der Waals surface area contributed by atoms with E-state index >= 15 is 0 Å². The maximum Gasteiger partial charge on any atom is 0.291 e. The molecule has 1 amide bonds. The molecule has 2 aromatic carbocycles. The fourth-order valence-corrected chi connectivity index (χ4v) is 2.53. The highest BCUT2D eigenvalue weighted by Gasteiger charge is 2.14. The average Bonchev–Trinajstić information content (AvgIpc) is 3.00. The van der Waals surface area contributed by atoms with Gasteiger partial charge in [-0.05, 0) is 47.5 Å². The van der Waals surface area contributed by atoms with Gasteiger partial charge in [0.15, 0.2) is 0 Å². The van der Waals surface area contributed by atoms with Crippen molar-refractivity contribution >= 4 is 23.7 Å². The third kappa shape index (κ3) is 4.92. The van der Waals surface area contributed by atoms with E-state index in [2.05, 4.69) is 15.6 Å². The molecule has 8 heteroatoms. The van der Waals surface area contributed by atoms with Crippen LogP contribution in [0.3, 0.4) is 0 Å². The van der Waals surface area contributed by atoms with Gasteiger partial charge in [0.05, 0.1) is 17.4 Å². The fourth-order valence-electron chi connectivity index (χ4n) is 2.28. The zero-order chi connectivity index (χ0) is 19.2. The maximum absolute atomic E-state index is 12.9. The van der Waals surface area contributed by atoms with Crippen LogP contribution in [0.1, 0.15) is 21.6 Å². The Bertz CT molecular complexity index is 933. The molecule has 0 spiro atoms. The summed E-state index contributed by atoms with van der Waals surface area (Å²) in [5, 5.41) is 8.06. The second kappa shape index (κ2) is 8.46. The number of carbonyl (C=O) groups is 1. The van der Waals surface area contributed by atoms with Gasteiger partial charge in [0.1, 0.15) is 23.9 Å². The van der Waals surface area contributed by atoms with Crippen molar-refractivity contribution in [3.05, 3.63) is 82.4 Å². The van der Waals surface area contributed by atoms with Crippen LogP contribution in [0.15, 0.2) is 59.8 Å². The van der Waals surface area contributed by atoms with E-state index in [1.165, 1.54) is 29.2 Å². The number of hydrazone groups is 1. The molecule has 0 unspecified atom stereocenters. The van der Waals surface area contributed by atoms with Crippen molar-refractivity contribution in [2.75, 3.05) is 0 Å². The smallest absolute Gasteiger partial charge is 0.291 e. The van der Waals surface area contributed by atoms with E-state index in [9.17, 15) is 9.18 Å². The zero-order valence-corrected chi connectivity index (χ0v) is 15.2. The quantitative estimate of drug-likeness (QED) is 0.520. The molecule has 1 N–H and O–H groups in total. The van der Waals surface area contributed by atoms with Crippen molar-refractivity contribution in [3.63, 3.8) is 0 Å². The molecule has 0 fully saturated rings. The highest BCUT2D eigenvalue weighted by atomic mass is 35.5. The summed E-state index contributed by atoms with van der Waals surface area (Å²) in [4.78, 5) is 12.0. The summed E-state index contributed by atoms with van der Waals surface area (Å²) in [6, 6.07) is 13.3. The lowest BCUT2D eigenvalue weighted by molar-refractivity contribution is 0.0946. The Labute approximate surface area is 160 Å². The number of benzene rings is 2. The Morgan fingerprint density at radius 1 is 1.26 bits per heavy atom. The Balaban J connectivity index is 1.53. The molecule has 1 heterocycles. The molecular weight excluding hydrogens is 371 g/mol. The first-order valence-corrected chi connectivity index (χ1v) is 8.39. The van der Waals surface area contributed by atoms with Gasteiger partial charge >= 0.3 is 0 Å². The van der Waals surface area contributed by atoms with Gasteiger partial charge in [-0.1, -0.05) is 23.7 Å². The molecule has 0 aliphatic carbocycles. The molecule has 138 valence electrons. The number of hydrogen-bond acceptors (Lipinski definition) is 4. The van der Waals surface area contributed by atoms with Crippen molar-refractivity contribution in [1.29, 1.82) is 0 Å². The van der Waals surface area contributed by atoms with Crippen LogP contribution in [0.25, 0.3) is 0 Å². The maximum atomic E-state index is 12.9. The topological polar surface area (TPSA) is 68.5 Å². The van der Waals surface area contributed by atoms with E-state index in [-0.39, 0.29) is 16.5 Å². The van der Waals surface area contributed by atoms with E-state index in [0.29, 0.717) is 12.4 Å². The lowest BCUT2D eigenvalue weighted by atomic mass is 10.2. The largest absolute Gasteiger partial charge is 0.489 e. The predicted octanol–water partition coefficient (Wildman–Crippen LogP) is 3.56. The zero-order valence-electron chi connectivity index (χ0n) is 14.4. The Morgan fingerprint density at radius 3 is 2.59 bits per heavy atom. The highest BCUT2D eigenvalue weighted by Crippen LogP contribution is 2.15. The molecule has 0 atom stereocenters. The van der Waals surface area contributed by atoms with Gasteiger partial charge in [-0.3, -0.25) is 9.48 Å². The molecular formula is C19H16ClFN4O2. The SMILES string of the molecule is Cn1ncc(Cl)c1C(=O)N/N=C\c1ccc(OCc2ccc(F)cc2)cc1. The number of rotatable bonds is 6. The van der Waals surface area contributed by atoms with E-state index in [1.807, 2.05) is 0 Å². The van der Waals surface area contributed by atoms with Crippen LogP contribution < -0.4 is 10.2 Å². The van der Waals surface area contributed by atoms with Crippen LogP contribution in [0.5, 0.6) is 5.75 Å². The molecule has 0 saturated carbocycles. The van der Waals surface area contributed by atoms with Crippen LogP contribution in [-0.2, 0) is 13.7 Å². The van der Waals surface area contributed by atoms with Crippen LogP contribution >= 0.6 is 11.6 Å². The number of carbonyl (C=O) groups excluding carboxylic acids is 1. The third-order valence-electron chi connectivity index (χ3n) is 3.69. The number of nitrogens with one attached hydrogen (secondary N) is 1. The minimum atomic E-state index is -0.449. The fraction of sp³-hybridized carbons (Fsp3) is 0.105. The normalized spacial score (nSPS) is 10.9. The number of amides is 1. The second-order valence-electron chi connectivity index (χ2n) is 5.65. The lowest BCUT2D eigenvalue weighted by Gasteiger charge is -2.06. The summed E-state index contributed by atoms with van der Waals surface area (Å²) in [5.41, 5.74) is 4.29. The first-order valence-electron chi connectivity index (χ1n) is 8.01. The third-order valence-corrected chi connectivity index (χ3v) is 3.96. The van der Waals surface area contributed by atoms with Gasteiger partial charge in [-0.25, -0.2) is 9.82 Å². The van der Waals surface area contributed by atoms with Crippen molar-refractivity contribution < 1.29 is 13.9 Å². The van der Waals surface area contributed by atoms with Gasteiger partial charge in [0.25, 0.3) is 5.91 Å². The molecule has 1 aromatic heterocycles. The predicted molar refractivity (Wildman–Crippen MR) is 100 cm³/mol. The van der Waals surface area contributed by atoms with Crippen LogP contribution in [0.2, 0.25) is 5.02 Å². The van der Waals surface area contributed by atoms with E-state index < -0.39 is 5.91 Å². The number of aryl methyl sites for hydroxylation is 1. The molecule has 3 aromatic rings. The standard InChI is InChI=1S/C19H16ClFN4O2/c1-25-18(17(20)11-23-25)19(26)24-22-10-13-4-8-16(9-5-13)27-12-14-2-6-15(21)7-3-14/h2-11H,12H2,1H3,(H,24,26)/b22-10-. The van der Waals surface area contributed by atoms with Gasteiger partial charge in [-0.15, -0.1) is 0 Å². The van der Waals surface area contributed by atoms with Crippen molar-refractivity contribution in [2.45, 2.75) is 6.61 Å². The number of hydrogen-bond donors (Lipinski definition) is 1. The van der Waals surface area contributed by atoms with Crippen LogP contribution in [0.4, 0.5) is 4.39 Å². The molecule has 3 rings (SSSR count). The Hall–Kier alpha value is -3.19. The number of ether oxygens (including phenoxy) is 1. The first-order chi connectivity index (χ1) is 13.0. The summed E-state index contributed by atoms with van der Waals surface area (Å²) in [7, 11) is 1.62. The minimum Gasteiger partial charge on any atom is -0.489 e. The van der Waals surface area contributed by atoms with Gasteiger partial charge in [-0.2, -0.15) is 10.2 Å². The van der Waals surface area contributed by atoms with E-state index in [1.54, 1.807) is 43.4 Å². The van der Waals surface area contributed by atoms with Crippen LogP contribution in [-0.4, -0.2) is 21.9 Å². The van der Waals surface area contributed by atoms with E-state index in [4.69, 9.17) is 16.3 Å². The summed E-state index contributed by atoms with van der Waals surface area (Å²) in [6.45, 7) is 0.342. The highest BCUT2D eigenvalue weighted by molar-refractivity contribution is 6.33. The van der Waals surface area contributed by atoms with Gasteiger partial charge < -0.3 is 4.74 Å². The average molecular weight is 387 g/mol. The molecule has 0 bridgehead atoms. The number of halogens is 2. The Kier molecular flexibility index (Phi) is 5.83. The summed E-state index contributed by atoms with van der Waals surface area (Å²) in [5.74, 6) is -0.0576. The molecule has 0 saturated heterocycles. The molecule has 6 nitrogen and oxygen atoms in total. The second-order valence-corrected chi connectivity index (χ2v) is 6.06. The van der Waals surface area contributed by atoms with Gasteiger partial charge in [0.2, 0.25) is 0 Å². The van der Waals surface area contributed by atoms with E-state index in [0.717, 1.165) is 11.1 Å². The van der Waals surface area contributed by atoms with Crippen molar-refractivity contribution in [1.82, 2.24) is 15.2 Å². The minimum absolute atomic E-state index is 0.235. The summed E-state index contributed by atoms with van der Waals surface area (Å²) in [6.07, 6.45) is 2.90.